The molecule has 2 aliphatic rings. The quantitative estimate of drug-likeness (QED) is 0.233. The molecular formula is C25H44O6. The minimum atomic E-state index is -0.0968. The Bertz CT molecular complexity index is 452. The zero-order chi connectivity index (χ0) is 22.3. The molecule has 2 aliphatic heterocycles. The molecule has 180 valence electrons. The highest BCUT2D eigenvalue weighted by Gasteiger charge is 2.19. The van der Waals surface area contributed by atoms with Crippen molar-refractivity contribution in [1.29, 1.82) is 0 Å². The van der Waals surface area contributed by atoms with Crippen molar-refractivity contribution >= 4 is 11.9 Å². The second kappa shape index (κ2) is 15.6. The lowest BCUT2D eigenvalue weighted by atomic mass is 10.1. The lowest BCUT2D eigenvalue weighted by Gasteiger charge is -2.16. The topological polar surface area (TPSA) is 71.1 Å². The third-order valence-electron chi connectivity index (χ3n) is 6.27. The van der Waals surface area contributed by atoms with Crippen LogP contribution < -0.4 is 0 Å². The molecule has 2 heterocycles. The van der Waals surface area contributed by atoms with Gasteiger partial charge in [-0.25, -0.2) is 0 Å². The van der Waals surface area contributed by atoms with E-state index in [1.807, 2.05) is 13.8 Å². The number of carbonyl (C=O) groups excluding carboxylic acids is 2. The Morgan fingerprint density at radius 3 is 1.55 bits per heavy atom. The summed E-state index contributed by atoms with van der Waals surface area (Å²) in [7, 11) is 0. The van der Waals surface area contributed by atoms with Gasteiger partial charge in [0.1, 0.15) is 0 Å². The summed E-state index contributed by atoms with van der Waals surface area (Å²) < 4.78 is 22.2. The third kappa shape index (κ3) is 12.5. The van der Waals surface area contributed by atoms with E-state index < -0.39 is 0 Å². The highest BCUT2D eigenvalue weighted by atomic mass is 16.5. The Hall–Kier alpha value is -1.14. The maximum absolute atomic E-state index is 11.9. The number of esters is 2. The molecule has 2 rings (SSSR count). The molecule has 0 aromatic carbocycles. The van der Waals surface area contributed by atoms with Crippen molar-refractivity contribution in [3.05, 3.63) is 0 Å². The largest absolute Gasteiger partial charge is 0.463 e. The number of rotatable bonds is 16. The number of hydrogen-bond acceptors (Lipinski definition) is 6. The molecule has 0 spiro atoms. The van der Waals surface area contributed by atoms with Crippen LogP contribution in [0.25, 0.3) is 0 Å². The van der Waals surface area contributed by atoms with Crippen LogP contribution in [0.3, 0.4) is 0 Å². The van der Waals surface area contributed by atoms with E-state index in [1.165, 1.54) is 0 Å². The molecule has 4 atom stereocenters. The first-order valence-electron chi connectivity index (χ1n) is 12.6. The number of carbonyl (C=O) groups is 2. The zero-order valence-electron chi connectivity index (χ0n) is 19.8. The van der Waals surface area contributed by atoms with Crippen molar-refractivity contribution in [2.45, 2.75) is 135 Å². The van der Waals surface area contributed by atoms with Crippen molar-refractivity contribution in [1.82, 2.24) is 0 Å². The second-order valence-electron chi connectivity index (χ2n) is 9.29. The number of ether oxygens (including phenoxy) is 4. The number of unbranched alkanes of at least 4 members (excludes halogenated alkanes) is 4. The zero-order valence-corrected chi connectivity index (χ0v) is 19.8. The molecule has 0 N–H and O–H groups in total. The van der Waals surface area contributed by atoms with Gasteiger partial charge in [-0.1, -0.05) is 19.3 Å². The van der Waals surface area contributed by atoms with E-state index in [0.717, 1.165) is 96.7 Å². The van der Waals surface area contributed by atoms with Gasteiger partial charge in [0.25, 0.3) is 0 Å². The van der Waals surface area contributed by atoms with Crippen molar-refractivity contribution in [2.24, 2.45) is 0 Å². The van der Waals surface area contributed by atoms with Crippen molar-refractivity contribution in [3.63, 3.8) is 0 Å². The predicted octanol–water partition coefficient (Wildman–Crippen LogP) is 5.50. The van der Waals surface area contributed by atoms with Gasteiger partial charge in [0.05, 0.1) is 24.4 Å². The Balaban J connectivity index is 1.37. The normalized spacial score (nSPS) is 22.9. The van der Waals surface area contributed by atoms with Crippen LogP contribution in [0.4, 0.5) is 0 Å². The monoisotopic (exact) mass is 440 g/mol. The minimum Gasteiger partial charge on any atom is -0.463 e. The van der Waals surface area contributed by atoms with E-state index in [4.69, 9.17) is 18.9 Å². The molecule has 0 aromatic heterocycles. The van der Waals surface area contributed by atoms with Crippen molar-refractivity contribution in [2.75, 3.05) is 13.2 Å². The van der Waals surface area contributed by atoms with Crippen LogP contribution in [0.2, 0.25) is 0 Å². The highest BCUT2D eigenvalue weighted by molar-refractivity contribution is 5.69. The van der Waals surface area contributed by atoms with Gasteiger partial charge in [0.2, 0.25) is 0 Å². The molecule has 0 saturated carbocycles. The molecule has 0 aliphatic carbocycles. The van der Waals surface area contributed by atoms with Crippen LogP contribution in [-0.2, 0) is 28.5 Å². The smallest absolute Gasteiger partial charge is 0.306 e. The summed E-state index contributed by atoms with van der Waals surface area (Å²) in [5, 5.41) is 0. The molecule has 31 heavy (non-hydrogen) atoms. The predicted molar refractivity (Wildman–Crippen MR) is 120 cm³/mol. The molecular weight excluding hydrogens is 396 g/mol. The summed E-state index contributed by atoms with van der Waals surface area (Å²) in [6, 6.07) is 0. The van der Waals surface area contributed by atoms with Gasteiger partial charge >= 0.3 is 11.9 Å². The summed E-state index contributed by atoms with van der Waals surface area (Å²) in [4.78, 5) is 23.9. The summed E-state index contributed by atoms with van der Waals surface area (Å²) in [5.41, 5.74) is 0. The van der Waals surface area contributed by atoms with Gasteiger partial charge in [-0.2, -0.15) is 0 Å². The van der Waals surface area contributed by atoms with Gasteiger partial charge in [0, 0.05) is 26.1 Å². The molecule has 0 aromatic rings. The lowest BCUT2D eigenvalue weighted by molar-refractivity contribution is -0.149. The molecule has 0 unspecified atom stereocenters. The fraction of sp³-hybridized carbons (Fsp3) is 0.920. The Labute approximate surface area is 188 Å². The van der Waals surface area contributed by atoms with E-state index in [2.05, 4.69) is 0 Å². The molecule has 0 bridgehead atoms. The summed E-state index contributed by atoms with van der Waals surface area (Å²) >= 11 is 0. The number of hydrogen-bond donors (Lipinski definition) is 0. The Kier molecular flexibility index (Phi) is 13.2. The SMILES string of the molecule is C[C@@H](CC[C@@H]1CCCO1)OC(=O)CCCCCCCC(=O)O[C@@H](C)CC[C@@H]1CCCO1. The Morgan fingerprint density at radius 1 is 0.742 bits per heavy atom. The molecule has 0 amide bonds. The maximum Gasteiger partial charge on any atom is 0.306 e. The van der Waals surface area contributed by atoms with Crippen molar-refractivity contribution in [3.8, 4) is 0 Å². The maximum atomic E-state index is 11.9. The van der Waals surface area contributed by atoms with Gasteiger partial charge in [-0.15, -0.1) is 0 Å². The third-order valence-corrected chi connectivity index (χ3v) is 6.27. The fourth-order valence-electron chi connectivity index (χ4n) is 4.34. The van der Waals surface area contributed by atoms with Gasteiger partial charge in [0.15, 0.2) is 0 Å². The van der Waals surface area contributed by atoms with Gasteiger partial charge in [-0.05, 0) is 78.1 Å². The standard InChI is InChI=1S/C25H44O6/c1-20(14-16-22-10-8-18-28-22)30-24(26)12-6-4-3-5-7-13-25(27)31-21(2)15-17-23-11-9-19-29-23/h20-23H,3-19H2,1-2H3/t20-,21-,22-,23-/m0/s1. The first-order valence-corrected chi connectivity index (χ1v) is 12.6. The van der Waals surface area contributed by atoms with Crippen LogP contribution in [0.1, 0.15) is 110 Å². The first kappa shape index (κ1) is 26.1. The van der Waals surface area contributed by atoms with Crippen LogP contribution in [0.15, 0.2) is 0 Å². The van der Waals surface area contributed by atoms with Crippen LogP contribution in [-0.4, -0.2) is 49.6 Å². The van der Waals surface area contributed by atoms with Crippen LogP contribution in [0, 0.1) is 0 Å². The summed E-state index contributed by atoms with van der Waals surface area (Å²) in [6.07, 6.45) is 14.6. The molecule has 6 heteroatoms. The Morgan fingerprint density at radius 2 is 1.16 bits per heavy atom. The first-order chi connectivity index (χ1) is 15.0. The van der Waals surface area contributed by atoms with Gasteiger partial charge < -0.3 is 18.9 Å². The van der Waals surface area contributed by atoms with E-state index in [1.54, 1.807) is 0 Å². The molecule has 2 saturated heterocycles. The molecule has 0 radical (unpaired) electrons. The van der Waals surface area contributed by atoms with E-state index in [0.29, 0.717) is 25.0 Å². The summed E-state index contributed by atoms with van der Waals surface area (Å²) in [6.45, 7) is 5.68. The van der Waals surface area contributed by atoms with E-state index in [9.17, 15) is 9.59 Å². The molecule has 2 fully saturated rings. The van der Waals surface area contributed by atoms with Gasteiger partial charge in [-0.3, -0.25) is 9.59 Å². The lowest BCUT2D eigenvalue weighted by Crippen LogP contribution is -2.17. The summed E-state index contributed by atoms with van der Waals surface area (Å²) in [5.74, 6) is -0.194. The van der Waals surface area contributed by atoms with Crippen LogP contribution >= 0.6 is 0 Å². The average Bonchev–Trinajstić information content (AvgIpc) is 3.44. The highest BCUT2D eigenvalue weighted by Crippen LogP contribution is 2.20. The second-order valence-corrected chi connectivity index (χ2v) is 9.29. The van der Waals surface area contributed by atoms with E-state index in [-0.39, 0.29) is 24.1 Å². The molecule has 6 nitrogen and oxygen atoms in total. The fourth-order valence-corrected chi connectivity index (χ4v) is 4.34. The van der Waals surface area contributed by atoms with Crippen LogP contribution in [0.5, 0.6) is 0 Å². The van der Waals surface area contributed by atoms with E-state index >= 15 is 0 Å². The average molecular weight is 441 g/mol. The minimum absolute atomic E-state index is 0.0317. The van der Waals surface area contributed by atoms with Crippen molar-refractivity contribution < 1.29 is 28.5 Å².